The number of ether oxygens (including phenoxy) is 1. The van der Waals surface area contributed by atoms with E-state index in [1.165, 1.54) is 6.20 Å². The first-order chi connectivity index (χ1) is 10.3. The van der Waals surface area contributed by atoms with E-state index in [9.17, 15) is 0 Å². The standard InChI is InChI=1S/C15H12N4O2/c16-14(19-20)12-8-9-17-18-15(12)21-13-7-3-5-10-4-1-2-6-11(10)13/h1-9,20H,(H2,16,19). The zero-order valence-electron chi connectivity index (χ0n) is 11.0. The molecule has 104 valence electrons. The Hall–Kier alpha value is -3.15. The molecule has 1 aromatic heterocycles. The molecule has 0 aliphatic carbocycles. The summed E-state index contributed by atoms with van der Waals surface area (Å²) in [6, 6.07) is 15.1. The Morgan fingerprint density at radius 2 is 1.90 bits per heavy atom. The summed E-state index contributed by atoms with van der Waals surface area (Å²) in [5, 5.41) is 21.4. The van der Waals surface area contributed by atoms with Gasteiger partial charge in [0.05, 0.1) is 11.8 Å². The number of hydrogen-bond acceptors (Lipinski definition) is 5. The molecular formula is C15H12N4O2. The van der Waals surface area contributed by atoms with Gasteiger partial charge in [-0.15, -0.1) is 5.10 Å². The molecule has 6 nitrogen and oxygen atoms in total. The molecule has 0 amide bonds. The van der Waals surface area contributed by atoms with E-state index in [2.05, 4.69) is 15.4 Å². The highest BCUT2D eigenvalue weighted by molar-refractivity contribution is 5.99. The summed E-state index contributed by atoms with van der Waals surface area (Å²) in [5.74, 6) is 0.727. The van der Waals surface area contributed by atoms with E-state index < -0.39 is 0 Å². The molecule has 2 aromatic carbocycles. The van der Waals surface area contributed by atoms with Crippen LogP contribution in [0.2, 0.25) is 0 Å². The van der Waals surface area contributed by atoms with Crippen LogP contribution in [0.5, 0.6) is 11.6 Å². The lowest BCUT2D eigenvalue weighted by Crippen LogP contribution is -2.15. The maximum absolute atomic E-state index is 8.81. The minimum Gasteiger partial charge on any atom is -0.436 e. The molecule has 0 saturated heterocycles. The van der Waals surface area contributed by atoms with E-state index in [0.29, 0.717) is 11.3 Å². The number of oxime groups is 1. The summed E-state index contributed by atoms with van der Waals surface area (Å²) in [6.07, 6.45) is 1.45. The molecule has 0 fully saturated rings. The number of hydrogen-bond donors (Lipinski definition) is 2. The van der Waals surface area contributed by atoms with Crippen molar-refractivity contribution in [2.75, 3.05) is 0 Å². The Balaban J connectivity index is 2.08. The van der Waals surface area contributed by atoms with Crippen LogP contribution in [-0.2, 0) is 0 Å². The van der Waals surface area contributed by atoms with Gasteiger partial charge in [-0.1, -0.05) is 41.6 Å². The van der Waals surface area contributed by atoms with Crippen molar-refractivity contribution in [2.24, 2.45) is 10.9 Å². The monoisotopic (exact) mass is 280 g/mol. The average molecular weight is 280 g/mol. The first-order valence-electron chi connectivity index (χ1n) is 6.25. The third-order valence-corrected chi connectivity index (χ3v) is 3.03. The highest BCUT2D eigenvalue weighted by Gasteiger charge is 2.12. The van der Waals surface area contributed by atoms with Crippen LogP contribution in [0.15, 0.2) is 59.9 Å². The zero-order chi connectivity index (χ0) is 14.7. The maximum Gasteiger partial charge on any atom is 0.250 e. The fourth-order valence-corrected chi connectivity index (χ4v) is 2.03. The van der Waals surface area contributed by atoms with Gasteiger partial charge in [0.2, 0.25) is 5.88 Å². The van der Waals surface area contributed by atoms with Gasteiger partial charge in [-0.3, -0.25) is 0 Å². The number of benzene rings is 2. The van der Waals surface area contributed by atoms with Gasteiger partial charge in [0, 0.05) is 5.39 Å². The van der Waals surface area contributed by atoms with Crippen LogP contribution >= 0.6 is 0 Å². The predicted molar refractivity (Wildman–Crippen MR) is 78.6 cm³/mol. The Morgan fingerprint density at radius 1 is 1.10 bits per heavy atom. The van der Waals surface area contributed by atoms with Crippen molar-refractivity contribution in [3.63, 3.8) is 0 Å². The Labute approximate surface area is 120 Å². The molecule has 0 aliphatic rings. The van der Waals surface area contributed by atoms with Crippen LogP contribution in [0.1, 0.15) is 5.56 Å². The van der Waals surface area contributed by atoms with Gasteiger partial charge in [0.15, 0.2) is 5.84 Å². The Kier molecular flexibility index (Phi) is 3.34. The van der Waals surface area contributed by atoms with E-state index in [0.717, 1.165) is 10.8 Å². The molecule has 1 heterocycles. The Bertz CT molecular complexity index is 812. The second-order valence-corrected chi connectivity index (χ2v) is 4.31. The van der Waals surface area contributed by atoms with Gasteiger partial charge >= 0.3 is 0 Å². The molecule has 0 unspecified atom stereocenters. The SMILES string of the molecule is N/C(=N/O)c1ccnnc1Oc1cccc2ccccc12. The summed E-state index contributed by atoms with van der Waals surface area (Å²) in [4.78, 5) is 0. The second kappa shape index (κ2) is 5.46. The Morgan fingerprint density at radius 3 is 2.76 bits per heavy atom. The van der Waals surface area contributed by atoms with Gasteiger partial charge < -0.3 is 15.7 Å². The van der Waals surface area contributed by atoms with Crippen LogP contribution in [0.4, 0.5) is 0 Å². The zero-order valence-corrected chi connectivity index (χ0v) is 11.0. The second-order valence-electron chi connectivity index (χ2n) is 4.31. The van der Waals surface area contributed by atoms with Gasteiger partial charge in [-0.2, -0.15) is 5.10 Å². The van der Waals surface area contributed by atoms with Crippen molar-refractivity contribution in [1.82, 2.24) is 10.2 Å². The summed E-state index contributed by atoms with van der Waals surface area (Å²) in [5.41, 5.74) is 5.99. The number of nitrogens with zero attached hydrogens (tertiary/aromatic N) is 3. The molecule has 0 radical (unpaired) electrons. The summed E-state index contributed by atoms with van der Waals surface area (Å²) < 4.78 is 5.80. The molecule has 0 saturated carbocycles. The third kappa shape index (κ3) is 2.46. The molecule has 3 N–H and O–H groups in total. The van der Waals surface area contributed by atoms with Crippen LogP contribution in [-0.4, -0.2) is 21.2 Å². The molecule has 3 rings (SSSR count). The highest BCUT2D eigenvalue weighted by Crippen LogP contribution is 2.29. The number of amidine groups is 1. The fraction of sp³-hybridized carbons (Fsp3) is 0. The van der Waals surface area contributed by atoms with E-state index >= 15 is 0 Å². The summed E-state index contributed by atoms with van der Waals surface area (Å²) >= 11 is 0. The van der Waals surface area contributed by atoms with Crippen LogP contribution in [0, 0.1) is 0 Å². The first kappa shape index (κ1) is 12.9. The van der Waals surface area contributed by atoms with Crippen molar-refractivity contribution in [2.45, 2.75) is 0 Å². The summed E-state index contributed by atoms with van der Waals surface area (Å²) in [7, 11) is 0. The lowest BCUT2D eigenvalue weighted by molar-refractivity contribution is 0.318. The van der Waals surface area contributed by atoms with Gasteiger partial charge in [-0.25, -0.2) is 0 Å². The number of aromatic nitrogens is 2. The topological polar surface area (TPSA) is 93.6 Å². The van der Waals surface area contributed by atoms with Crippen molar-refractivity contribution in [3.05, 3.63) is 60.3 Å². The van der Waals surface area contributed by atoms with Crippen molar-refractivity contribution < 1.29 is 9.94 Å². The normalized spacial score (nSPS) is 11.5. The fourth-order valence-electron chi connectivity index (χ4n) is 2.03. The van der Waals surface area contributed by atoms with E-state index in [1.807, 2.05) is 42.5 Å². The number of nitrogens with two attached hydrogens (primary N) is 1. The quantitative estimate of drug-likeness (QED) is 0.333. The number of rotatable bonds is 3. The smallest absolute Gasteiger partial charge is 0.250 e. The number of fused-ring (bicyclic) bond motifs is 1. The molecule has 0 spiro atoms. The van der Waals surface area contributed by atoms with E-state index in [1.54, 1.807) is 6.07 Å². The minimum absolute atomic E-state index is 0.0832. The van der Waals surface area contributed by atoms with E-state index in [-0.39, 0.29) is 11.7 Å². The van der Waals surface area contributed by atoms with Gasteiger partial charge in [0.25, 0.3) is 0 Å². The third-order valence-electron chi connectivity index (χ3n) is 3.03. The van der Waals surface area contributed by atoms with Gasteiger partial charge in [-0.05, 0) is 17.5 Å². The van der Waals surface area contributed by atoms with Crippen molar-refractivity contribution in [1.29, 1.82) is 0 Å². The maximum atomic E-state index is 8.81. The van der Waals surface area contributed by atoms with Gasteiger partial charge in [0.1, 0.15) is 5.75 Å². The summed E-state index contributed by atoms with van der Waals surface area (Å²) in [6.45, 7) is 0. The molecular weight excluding hydrogens is 268 g/mol. The largest absolute Gasteiger partial charge is 0.436 e. The van der Waals surface area contributed by atoms with Crippen molar-refractivity contribution >= 4 is 16.6 Å². The molecule has 0 aliphatic heterocycles. The predicted octanol–water partition coefficient (Wildman–Crippen LogP) is 2.52. The molecule has 0 bridgehead atoms. The van der Waals surface area contributed by atoms with E-state index in [4.69, 9.17) is 15.7 Å². The van der Waals surface area contributed by atoms with Crippen LogP contribution in [0.25, 0.3) is 10.8 Å². The molecule has 6 heteroatoms. The van der Waals surface area contributed by atoms with Crippen LogP contribution in [0.3, 0.4) is 0 Å². The molecule has 21 heavy (non-hydrogen) atoms. The van der Waals surface area contributed by atoms with Crippen molar-refractivity contribution in [3.8, 4) is 11.6 Å². The molecule has 3 aromatic rings. The highest BCUT2D eigenvalue weighted by atomic mass is 16.5. The van der Waals surface area contributed by atoms with Crippen LogP contribution < -0.4 is 10.5 Å². The first-order valence-corrected chi connectivity index (χ1v) is 6.25. The lowest BCUT2D eigenvalue weighted by Gasteiger charge is -2.10. The minimum atomic E-state index is -0.0832. The lowest BCUT2D eigenvalue weighted by atomic mass is 10.1. The average Bonchev–Trinajstić information content (AvgIpc) is 2.55. The molecule has 0 atom stereocenters.